The van der Waals surface area contributed by atoms with E-state index in [2.05, 4.69) is 0 Å². The van der Waals surface area contributed by atoms with Gasteiger partial charge in [0.05, 0.1) is 16.4 Å². The van der Waals surface area contributed by atoms with E-state index in [9.17, 15) is 9.00 Å². The molecule has 0 aliphatic carbocycles. The number of carboxylic acids is 1. The molecule has 7 heteroatoms. The third-order valence-corrected chi connectivity index (χ3v) is 4.55. The maximum Gasteiger partial charge on any atom is 0.335 e. The largest absolute Gasteiger partial charge is 0.478 e. The molecule has 0 aromatic heterocycles. The summed E-state index contributed by atoms with van der Waals surface area (Å²) < 4.78 is 10.3. The minimum Gasteiger partial charge on any atom is -0.478 e. The SMILES string of the molecule is CC[S@@](=O)c1c(C(Cl)(Cl)Cl)ccc(C(=O)O)c1C. The first-order chi connectivity index (χ1) is 8.20. The number of alkyl halides is 3. The van der Waals surface area contributed by atoms with Crippen molar-refractivity contribution in [3.05, 3.63) is 28.8 Å². The van der Waals surface area contributed by atoms with Crippen LogP contribution in [0, 0.1) is 6.92 Å². The predicted octanol–water partition coefficient (Wildman–Crippen LogP) is 3.65. The van der Waals surface area contributed by atoms with Gasteiger partial charge in [-0.25, -0.2) is 4.79 Å². The van der Waals surface area contributed by atoms with Crippen LogP contribution in [0.5, 0.6) is 0 Å². The van der Waals surface area contributed by atoms with E-state index >= 15 is 0 Å². The van der Waals surface area contributed by atoms with Crippen LogP contribution in [-0.2, 0) is 14.6 Å². The van der Waals surface area contributed by atoms with E-state index in [4.69, 9.17) is 39.9 Å². The topological polar surface area (TPSA) is 54.4 Å². The zero-order valence-electron chi connectivity index (χ0n) is 9.67. The van der Waals surface area contributed by atoms with Gasteiger partial charge in [-0.05, 0) is 18.6 Å². The van der Waals surface area contributed by atoms with Crippen LogP contribution >= 0.6 is 34.8 Å². The summed E-state index contributed by atoms with van der Waals surface area (Å²) in [7, 11) is -1.40. The molecule has 0 spiro atoms. The highest BCUT2D eigenvalue weighted by Crippen LogP contribution is 2.42. The lowest BCUT2D eigenvalue weighted by molar-refractivity contribution is 0.0696. The first kappa shape index (κ1) is 15.8. The number of benzene rings is 1. The van der Waals surface area contributed by atoms with Gasteiger partial charge in [-0.15, -0.1) is 0 Å². The number of hydrogen-bond donors (Lipinski definition) is 1. The molecule has 0 saturated heterocycles. The Morgan fingerprint density at radius 2 is 1.94 bits per heavy atom. The van der Waals surface area contributed by atoms with Gasteiger partial charge in [-0.1, -0.05) is 47.8 Å². The summed E-state index contributed by atoms with van der Waals surface area (Å²) in [5.41, 5.74) is 0.687. The third kappa shape index (κ3) is 3.18. The minimum atomic E-state index is -1.73. The Hall–Kier alpha value is -0.290. The van der Waals surface area contributed by atoms with Gasteiger partial charge in [-0.3, -0.25) is 4.21 Å². The van der Waals surface area contributed by atoms with Crippen molar-refractivity contribution in [1.29, 1.82) is 0 Å². The van der Waals surface area contributed by atoms with Gasteiger partial charge in [0.25, 0.3) is 0 Å². The maximum absolute atomic E-state index is 12.0. The molecule has 1 rings (SSSR count). The van der Waals surface area contributed by atoms with Crippen molar-refractivity contribution in [2.45, 2.75) is 22.5 Å². The fourth-order valence-electron chi connectivity index (χ4n) is 1.58. The molecule has 0 amide bonds. The van der Waals surface area contributed by atoms with Crippen molar-refractivity contribution in [2.24, 2.45) is 0 Å². The van der Waals surface area contributed by atoms with E-state index in [0.717, 1.165) is 0 Å². The van der Waals surface area contributed by atoms with E-state index in [0.29, 0.717) is 11.3 Å². The second-order valence-corrected chi connectivity index (χ2v) is 7.51. The summed E-state index contributed by atoms with van der Waals surface area (Å²) >= 11 is 17.5. The molecule has 0 bridgehead atoms. The molecule has 100 valence electrons. The maximum atomic E-state index is 12.0. The Morgan fingerprint density at radius 3 is 2.33 bits per heavy atom. The Kier molecular flexibility index (Phi) is 5.06. The van der Waals surface area contributed by atoms with Gasteiger partial charge in [0.2, 0.25) is 3.79 Å². The van der Waals surface area contributed by atoms with Crippen LogP contribution in [0.15, 0.2) is 17.0 Å². The average molecular weight is 330 g/mol. The molecule has 0 unspecified atom stereocenters. The van der Waals surface area contributed by atoms with Crippen molar-refractivity contribution in [2.75, 3.05) is 5.75 Å². The highest BCUT2D eigenvalue weighted by Gasteiger charge is 2.30. The Labute approximate surface area is 122 Å². The lowest BCUT2D eigenvalue weighted by Gasteiger charge is -2.19. The number of carboxylic acid groups (broad SMARTS) is 1. The molecular weight excluding hydrogens is 319 g/mol. The Bertz CT molecular complexity index is 509. The highest BCUT2D eigenvalue weighted by atomic mass is 35.6. The fraction of sp³-hybridized carbons (Fsp3) is 0.364. The van der Waals surface area contributed by atoms with Crippen LogP contribution < -0.4 is 0 Å². The molecule has 0 saturated carbocycles. The second kappa shape index (κ2) is 5.78. The van der Waals surface area contributed by atoms with Crippen molar-refractivity contribution in [3.8, 4) is 0 Å². The van der Waals surface area contributed by atoms with Gasteiger partial charge in [-0.2, -0.15) is 0 Å². The normalized spacial score (nSPS) is 13.4. The van der Waals surface area contributed by atoms with Crippen molar-refractivity contribution >= 4 is 51.6 Å². The smallest absolute Gasteiger partial charge is 0.335 e. The summed E-state index contributed by atoms with van der Waals surface area (Å²) in [6.07, 6.45) is 0. The first-order valence-electron chi connectivity index (χ1n) is 5.02. The molecule has 0 aliphatic heterocycles. The van der Waals surface area contributed by atoms with E-state index in [1.807, 2.05) is 0 Å². The van der Waals surface area contributed by atoms with Gasteiger partial charge in [0, 0.05) is 16.2 Å². The van der Waals surface area contributed by atoms with Crippen molar-refractivity contribution in [1.82, 2.24) is 0 Å². The standard InChI is InChI=1S/C11H11Cl3O3S/c1-3-18(17)9-6(2)7(10(15)16)4-5-8(9)11(12,13)14/h4-5H,3H2,1-2H3,(H,15,16)/t18-/m1/s1. The van der Waals surface area contributed by atoms with E-state index < -0.39 is 20.6 Å². The van der Waals surface area contributed by atoms with Crippen molar-refractivity contribution < 1.29 is 14.1 Å². The fourth-order valence-corrected chi connectivity index (χ4v) is 3.43. The summed E-state index contributed by atoms with van der Waals surface area (Å²) in [6.45, 7) is 3.28. The molecule has 0 fully saturated rings. The number of carbonyl (C=O) groups is 1. The molecule has 0 heterocycles. The number of rotatable bonds is 3. The van der Waals surface area contributed by atoms with E-state index in [1.165, 1.54) is 12.1 Å². The lowest BCUT2D eigenvalue weighted by Crippen LogP contribution is -2.13. The summed E-state index contributed by atoms with van der Waals surface area (Å²) in [5.74, 6) is -0.782. The number of aromatic carboxylic acids is 1. The quantitative estimate of drug-likeness (QED) is 0.861. The summed E-state index contributed by atoms with van der Waals surface area (Å²) in [5, 5.41) is 9.04. The molecule has 1 aromatic rings. The average Bonchev–Trinajstić information content (AvgIpc) is 2.25. The summed E-state index contributed by atoms with van der Waals surface area (Å²) in [4.78, 5) is 11.3. The van der Waals surface area contributed by atoms with E-state index in [1.54, 1.807) is 13.8 Å². The monoisotopic (exact) mass is 328 g/mol. The molecule has 0 aliphatic rings. The molecule has 0 radical (unpaired) electrons. The van der Waals surface area contributed by atoms with Gasteiger partial charge >= 0.3 is 5.97 Å². The van der Waals surface area contributed by atoms with Crippen molar-refractivity contribution in [3.63, 3.8) is 0 Å². The van der Waals surface area contributed by atoms with Crippen LogP contribution in [0.1, 0.15) is 28.4 Å². The van der Waals surface area contributed by atoms with Crippen LogP contribution in [0.3, 0.4) is 0 Å². The minimum absolute atomic E-state index is 0.0600. The molecule has 1 aromatic carbocycles. The zero-order chi connectivity index (χ0) is 14.1. The lowest BCUT2D eigenvalue weighted by atomic mass is 10.1. The van der Waals surface area contributed by atoms with E-state index in [-0.39, 0.29) is 16.0 Å². The zero-order valence-corrected chi connectivity index (χ0v) is 12.8. The first-order valence-corrected chi connectivity index (χ1v) is 7.47. The van der Waals surface area contributed by atoms with Crippen LogP contribution in [0.25, 0.3) is 0 Å². The van der Waals surface area contributed by atoms with Gasteiger partial charge in [0.15, 0.2) is 0 Å². The molecule has 1 atom stereocenters. The molecular formula is C11H11Cl3O3S. The highest BCUT2D eigenvalue weighted by molar-refractivity contribution is 7.85. The molecule has 1 N–H and O–H groups in total. The second-order valence-electron chi connectivity index (χ2n) is 3.55. The number of halogens is 3. The Morgan fingerprint density at radius 1 is 1.39 bits per heavy atom. The number of hydrogen-bond acceptors (Lipinski definition) is 2. The molecule has 18 heavy (non-hydrogen) atoms. The van der Waals surface area contributed by atoms with Gasteiger partial charge in [0.1, 0.15) is 0 Å². The van der Waals surface area contributed by atoms with Crippen LogP contribution in [-0.4, -0.2) is 21.0 Å². The van der Waals surface area contributed by atoms with Crippen LogP contribution in [0.4, 0.5) is 0 Å². The van der Waals surface area contributed by atoms with Crippen LogP contribution in [0.2, 0.25) is 0 Å². The van der Waals surface area contributed by atoms with Gasteiger partial charge < -0.3 is 5.11 Å². The third-order valence-electron chi connectivity index (χ3n) is 2.43. The molecule has 3 nitrogen and oxygen atoms in total. The predicted molar refractivity (Wildman–Crippen MR) is 74.3 cm³/mol. The summed E-state index contributed by atoms with van der Waals surface area (Å²) in [6, 6.07) is 2.75. The Balaban J connectivity index is 3.62.